The lowest BCUT2D eigenvalue weighted by Gasteiger charge is -2.16. The SMILES string of the molecule is Cn1c(=O)n(-c2ccc(N3CCCC3)nc2)c2ccccc21. The van der Waals surface area contributed by atoms with Crippen LogP contribution in [0, 0.1) is 0 Å². The molecule has 0 amide bonds. The van der Waals surface area contributed by atoms with Crippen LogP contribution in [0.4, 0.5) is 5.82 Å². The number of hydrogen-bond donors (Lipinski definition) is 0. The fraction of sp³-hybridized carbons (Fsp3) is 0.294. The van der Waals surface area contributed by atoms with Crippen molar-refractivity contribution >= 4 is 16.9 Å². The molecule has 4 rings (SSSR count). The maximum absolute atomic E-state index is 12.5. The molecule has 1 fully saturated rings. The van der Waals surface area contributed by atoms with E-state index >= 15 is 0 Å². The van der Waals surface area contributed by atoms with E-state index in [-0.39, 0.29) is 5.69 Å². The van der Waals surface area contributed by atoms with Crippen molar-refractivity contribution in [3.05, 3.63) is 53.1 Å². The van der Waals surface area contributed by atoms with Gasteiger partial charge in [-0.25, -0.2) is 9.78 Å². The molecule has 1 aliphatic heterocycles. The van der Waals surface area contributed by atoms with Gasteiger partial charge in [0.2, 0.25) is 0 Å². The first-order valence-electron chi connectivity index (χ1n) is 7.63. The van der Waals surface area contributed by atoms with Crippen LogP contribution < -0.4 is 10.6 Å². The number of para-hydroxylation sites is 2. The Labute approximate surface area is 128 Å². The van der Waals surface area contributed by atoms with Gasteiger partial charge in [-0.2, -0.15) is 0 Å². The van der Waals surface area contributed by atoms with Gasteiger partial charge in [0.15, 0.2) is 0 Å². The molecule has 0 aliphatic carbocycles. The number of benzene rings is 1. The molecule has 0 saturated carbocycles. The van der Waals surface area contributed by atoms with E-state index in [2.05, 4.69) is 9.88 Å². The Morgan fingerprint density at radius 1 is 1.00 bits per heavy atom. The molecule has 5 heteroatoms. The van der Waals surface area contributed by atoms with Crippen LogP contribution in [0.2, 0.25) is 0 Å². The molecular formula is C17H18N4O. The van der Waals surface area contributed by atoms with Gasteiger partial charge in [-0.3, -0.25) is 9.13 Å². The van der Waals surface area contributed by atoms with Crippen LogP contribution in [0.15, 0.2) is 47.4 Å². The van der Waals surface area contributed by atoms with Crippen LogP contribution in [0.25, 0.3) is 16.7 Å². The number of anilines is 1. The van der Waals surface area contributed by atoms with Gasteiger partial charge in [0, 0.05) is 20.1 Å². The van der Waals surface area contributed by atoms with Crippen molar-refractivity contribution < 1.29 is 0 Å². The van der Waals surface area contributed by atoms with Crippen molar-refractivity contribution in [2.45, 2.75) is 12.8 Å². The highest BCUT2D eigenvalue weighted by Crippen LogP contribution is 2.20. The zero-order chi connectivity index (χ0) is 15.1. The highest BCUT2D eigenvalue weighted by molar-refractivity contribution is 5.78. The number of rotatable bonds is 2. The van der Waals surface area contributed by atoms with Gasteiger partial charge < -0.3 is 4.90 Å². The van der Waals surface area contributed by atoms with Crippen LogP contribution in [0.1, 0.15) is 12.8 Å². The van der Waals surface area contributed by atoms with Crippen LogP contribution in [-0.2, 0) is 7.05 Å². The molecule has 0 radical (unpaired) electrons. The molecule has 3 aromatic rings. The van der Waals surface area contributed by atoms with Gasteiger partial charge in [0.1, 0.15) is 5.82 Å². The first kappa shape index (κ1) is 13.1. The van der Waals surface area contributed by atoms with Crippen LogP contribution in [-0.4, -0.2) is 27.2 Å². The zero-order valence-corrected chi connectivity index (χ0v) is 12.6. The average Bonchev–Trinajstić information content (AvgIpc) is 3.17. The summed E-state index contributed by atoms with van der Waals surface area (Å²) < 4.78 is 3.39. The molecular weight excluding hydrogens is 276 g/mol. The molecule has 3 heterocycles. The second-order valence-electron chi connectivity index (χ2n) is 5.73. The summed E-state index contributed by atoms with van der Waals surface area (Å²) in [5, 5.41) is 0. The largest absolute Gasteiger partial charge is 0.357 e. The molecule has 1 saturated heterocycles. The summed E-state index contributed by atoms with van der Waals surface area (Å²) in [6, 6.07) is 11.8. The lowest BCUT2D eigenvalue weighted by molar-refractivity contribution is 0.843. The number of aromatic nitrogens is 3. The molecule has 1 aliphatic rings. The van der Waals surface area contributed by atoms with E-state index in [4.69, 9.17) is 0 Å². The molecule has 0 spiro atoms. The fourth-order valence-electron chi connectivity index (χ4n) is 3.19. The summed E-state index contributed by atoms with van der Waals surface area (Å²) >= 11 is 0. The van der Waals surface area contributed by atoms with E-state index in [1.807, 2.05) is 36.4 Å². The minimum atomic E-state index is -0.0445. The third-order valence-electron chi connectivity index (χ3n) is 4.38. The predicted molar refractivity (Wildman–Crippen MR) is 87.8 cm³/mol. The molecule has 0 unspecified atom stereocenters. The number of aryl methyl sites for hydroxylation is 1. The molecule has 112 valence electrons. The topological polar surface area (TPSA) is 43.1 Å². The van der Waals surface area contributed by atoms with Gasteiger partial charge in [0.05, 0.1) is 22.9 Å². The summed E-state index contributed by atoms with van der Waals surface area (Å²) in [5.41, 5.74) is 2.60. The third-order valence-corrected chi connectivity index (χ3v) is 4.38. The van der Waals surface area contributed by atoms with Crippen molar-refractivity contribution in [2.75, 3.05) is 18.0 Å². The van der Waals surface area contributed by atoms with E-state index in [0.29, 0.717) is 0 Å². The Balaban J connectivity index is 1.82. The van der Waals surface area contributed by atoms with Crippen molar-refractivity contribution in [2.24, 2.45) is 7.05 Å². The second kappa shape index (κ2) is 5.02. The first-order valence-corrected chi connectivity index (χ1v) is 7.63. The van der Waals surface area contributed by atoms with Crippen molar-refractivity contribution in [1.82, 2.24) is 14.1 Å². The Bertz CT molecular complexity index is 870. The quantitative estimate of drug-likeness (QED) is 0.728. The van der Waals surface area contributed by atoms with E-state index in [1.165, 1.54) is 12.8 Å². The number of fused-ring (bicyclic) bond motifs is 1. The molecule has 22 heavy (non-hydrogen) atoms. The Kier molecular flexibility index (Phi) is 2.99. The Morgan fingerprint density at radius 3 is 2.41 bits per heavy atom. The monoisotopic (exact) mass is 294 g/mol. The Morgan fingerprint density at radius 2 is 1.73 bits per heavy atom. The minimum Gasteiger partial charge on any atom is -0.357 e. The van der Waals surface area contributed by atoms with Gasteiger partial charge >= 0.3 is 5.69 Å². The van der Waals surface area contributed by atoms with Gasteiger partial charge in [-0.15, -0.1) is 0 Å². The van der Waals surface area contributed by atoms with Crippen LogP contribution in [0.5, 0.6) is 0 Å². The average molecular weight is 294 g/mol. The van der Waals surface area contributed by atoms with Crippen LogP contribution >= 0.6 is 0 Å². The van der Waals surface area contributed by atoms with Gasteiger partial charge in [-0.1, -0.05) is 12.1 Å². The standard InChI is InChI=1S/C17H18N4O/c1-19-14-6-2-3-7-15(14)21(17(19)22)13-8-9-16(18-12-13)20-10-4-5-11-20/h2-3,6-9,12H,4-5,10-11H2,1H3. The second-order valence-corrected chi connectivity index (χ2v) is 5.73. The van der Waals surface area contributed by atoms with E-state index < -0.39 is 0 Å². The molecule has 2 aromatic heterocycles. The Hall–Kier alpha value is -2.56. The maximum Gasteiger partial charge on any atom is 0.333 e. The molecule has 0 atom stereocenters. The maximum atomic E-state index is 12.5. The lowest BCUT2D eigenvalue weighted by atomic mass is 10.3. The van der Waals surface area contributed by atoms with Gasteiger partial charge in [0.25, 0.3) is 0 Å². The highest BCUT2D eigenvalue weighted by atomic mass is 16.1. The zero-order valence-electron chi connectivity index (χ0n) is 12.6. The number of pyridine rings is 1. The molecule has 0 N–H and O–H groups in total. The molecule has 0 bridgehead atoms. The van der Waals surface area contributed by atoms with E-state index in [1.54, 1.807) is 22.4 Å². The van der Waals surface area contributed by atoms with Crippen LogP contribution in [0.3, 0.4) is 0 Å². The lowest BCUT2D eigenvalue weighted by Crippen LogP contribution is -2.22. The highest BCUT2D eigenvalue weighted by Gasteiger charge is 2.15. The van der Waals surface area contributed by atoms with Crippen molar-refractivity contribution in [3.8, 4) is 5.69 Å². The summed E-state index contributed by atoms with van der Waals surface area (Å²) in [6.45, 7) is 2.14. The third kappa shape index (κ3) is 1.93. The number of imidazole rings is 1. The molecule has 1 aromatic carbocycles. The number of nitrogens with zero attached hydrogens (tertiary/aromatic N) is 4. The van der Waals surface area contributed by atoms with E-state index in [0.717, 1.165) is 35.6 Å². The van der Waals surface area contributed by atoms with E-state index in [9.17, 15) is 4.79 Å². The normalized spacial score (nSPS) is 14.9. The first-order chi connectivity index (χ1) is 10.8. The predicted octanol–water partition coefficient (Wildman–Crippen LogP) is 2.32. The van der Waals surface area contributed by atoms with Crippen molar-refractivity contribution in [3.63, 3.8) is 0 Å². The minimum absolute atomic E-state index is 0.0445. The van der Waals surface area contributed by atoms with Crippen molar-refractivity contribution in [1.29, 1.82) is 0 Å². The summed E-state index contributed by atoms with van der Waals surface area (Å²) in [5.74, 6) is 0.995. The summed E-state index contributed by atoms with van der Waals surface area (Å²) in [4.78, 5) is 19.4. The van der Waals surface area contributed by atoms with Gasteiger partial charge in [-0.05, 0) is 37.1 Å². The fourth-order valence-corrected chi connectivity index (χ4v) is 3.19. The smallest absolute Gasteiger partial charge is 0.333 e. The number of hydrogen-bond acceptors (Lipinski definition) is 3. The summed E-state index contributed by atoms with van der Waals surface area (Å²) in [7, 11) is 1.80. The summed E-state index contributed by atoms with van der Waals surface area (Å²) in [6.07, 6.45) is 4.25. The molecule has 5 nitrogen and oxygen atoms in total.